The summed E-state index contributed by atoms with van der Waals surface area (Å²) in [4.78, 5) is 22.7. The molecule has 5 heteroatoms. The van der Waals surface area contributed by atoms with Gasteiger partial charge in [-0.2, -0.15) is 0 Å². The van der Waals surface area contributed by atoms with Gasteiger partial charge in [0.2, 0.25) is 5.91 Å². The molecule has 0 N–H and O–H groups in total. The summed E-state index contributed by atoms with van der Waals surface area (Å²) in [5.74, 6) is -0.281. The number of fused-ring (bicyclic) bond motifs is 2. The van der Waals surface area contributed by atoms with Crippen LogP contribution >= 0.6 is 0 Å². The average molecular weight is 478 g/mol. The Bertz CT molecular complexity index is 1410. The first kappa shape index (κ1) is 22.6. The van der Waals surface area contributed by atoms with E-state index in [9.17, 15) is 9.18 Å². The molecule has 2 aliphatic rings. The number of aromatic nitrogens is 1. The molecule has 1 amide bonds. The van der Waals surface area contributed by atoms with Crippen molar-refractivity contribution in [3.63, 3.8) is 0 Å². The number of aryl methyl sites for hydroxylation is 1. The van der Waals surface area contributed by atoms with Gasteiger partial charge in [0.05, 0.1) is 16.8 Å². The lowest BCUT2D eigenvalue weighted by Gasteiger charge is -2.38. The summed E-state index contributed by atoms with van der Waals surface area (Å²) in [6, 6.07) is 27.0. The van der Waals surface area contributed by atoms with Gasteiger partial charge in [-0.15, -0.1) is 0 Å². The van der Waals surface area contributed by atoms with Crippen molar-refractivity contribution in [3.05, 3.63) is 114 Å². The number of likely N-dealkylation sites (tertiary alicyclic amines) is 1. The van der Waals surface area contributed by atoms with E-state index in [2.05, 4.69) is 35.0 Å². The normalized spacial score (nSPS) is 16.9. The van der Waals surface area contributed by atoms with Crippen molar-refractivity contribution < 1.29 is 9.18 Å². The van der Waals surface area contributed by atoms with Crippen LogP contribution in [0.3, 0.4) is 0 Å². The maximum Gasteiger partial charge on any atom is 0.242 e. The zero-order valence-corrected chi connectivity index (χ0v) is 20.3. The molecule has 1 aromatic heterocycles. The molecule has 3 heterocycles. The number of hydrogen-bond acceptors (Lipinski definition) is 3. The molecule has 0 saturated carbocycles. The van der Waals surface area contributed by atoms with Crippen LogP contribution in [0.1, 0.15) is 29.7 Å². The Hall–Kier alpha value is -3.83. The molecule has 0 bridgehead atoms. The summed E-state index contributed by atoms with van der Waals surface area (Å²) in [5.41, 5.74) is 6.21. The third-order valence-electron chi connectivity index (χ3n) is 7.76. The molecule has 180 valence electrons. The Balaban J connectivity index is 1.29. The lowest BCUT2D eigenvalue weighted by molar-refractivity contribution is -0.124. The summed E-state index contributed by atoms with van der Waals surface area (Å²) in [6.45, 7) is 4.44. The van der Waals surface area contributed by atoms with Crippen molar-refractivity contribution in [1.29, 1.82) is 0 Å². The Kier molecular flexibility index (Phi) is 5.65. The number of benzene rings is 3. The zero-order chi connectivity index (χ0) is 24.7. The maximum absolute atomic E-state index is 14.4. The molecule has 4 nitrogen and oxygen atoms in total. The van der Waals surface area contributed by atoms with Gasteiger partial charge in [0.25, 0.3) is 0 Å². The summed E-state index contributed by atoms with van der Waals surface area (Å²) in [6.07, 6.45) is 3.24. The molecule has 1 fully saturated rings. The minimum Gasteiger partial charge on any atom is -0.297 e. The topological polar surface area (TPSA) is 36.4 Å². The van der Waals surface area contributed by atoms with Gasteiger partial charge >= 0.3 is 0 Å². The smallest absolute Gasteiger partial charge is 0.242 e. The van der Waals surface area contributed by atoms with Crippen LogP contribution in [0.25, 0.3) is 11.1 Å². The fourth-order valence-electron chi connectivity index (χ4n) is 5.69. The largest absolute Gasteiger partial charge is 0.297 e. The van der Waals surface area contributed by atoms with Crippen molar-refractivity contribution in [1.82, 2.24) is 9.88 Å². The van der Waals surface area contributed by atoms with E-state index in [0.717, 1.165) is 47.7 Å². The van der Waals surface area contributed by atoms with Crippen molar-refractivity contribution >= 4 is 17.3 Å². The molecule has 0 atom stereocenters. The molecule has 36 heavy (non-hydrogen) atoms. The van der Waals surface area contributed by atoms with Gasteiger partial charge in [0.15, 0.2) is 0 Å². The Morgan fingerprint density at radius 1 is 0.889 bits per heavy atom. The second-order valence-electron chi connectivity index (χ2n) is 9.84. The highest BCUT2D eigenvalue weighted by molar-refractivity contribution is 6.13. The number of piperidine rings is 1. The number of anilines is 2. The zero-order valence-electron chi connectivity index (χ0n) is 20.3. The van der Waals surface area contributed by atoms with Crippen LogP contribution in [0.5, 0.6) is 0 Å². The first-order chi connectivity index (χ1) is 17.5. The maximum atomic E-state index is 14.4. The fraction of sp³-hybridized carbons (Fsp3) is 0.226. The molecular formula is C31H28FN3O. The molecule has 0 aliphatic carbocycles. The highest BCUT2D eigenvalue weighted by Crippen LogP contribution is 2.51. The second-order valence-corrected chi connectivity index (χ2v) is 9.84. The van der Waals surface area contributed by atoms with Crippen molar-refractivity contribution in [2.24, 2.45) is 0 Å². The van der Waals surface area contributed by atoms with Crippen LogP contribution in [0.2, 0.25) is 0 Å². The number of hydrogen-bond donors (Lipinski definition) is 0. The van der Waals surface area contributed by atoms with Gasteiger partial charge in [0.1, 0.15) is 5.82 Å². The van der Waals surface area contributed by atoms with Crippen LogP contribution in [-0.4, -0.2) is 28.9 Å². The Morgan fingerprint density at radius 2 is 1.61 bits per heavy atom. The van der Waals surface area contributed by atoms with Crippen LogP contribution in [-0.2, 0) is 16.8 Å². The number of carbonyl (C=O) groups excluding carboxylic acids is 1. The standard InChI is InChI=1S/C31H28FN3O/c1-22-6-5-17-33-28(22)21-34-18-15-31(16-19-34)27-14-11-25(32)20-29(27)35(30(31)36)26-12-9-24(10-13-26)23-7-3-2-4-8-23/h2-14,17,20H,15-16,18-19,21H2,1H3. The van der Waals surface area contributed by atoms with Gasteiger partial charge in [-0.25, -0.2) is 4.39 Å². The molecule has 2 aliphatic heterocycles. The number of rotatable bonds is 4. The van der Waals surface area contributed by atoms with E-state index in [1.54, 1.807) is 4.90 Å². The summed E-state index contributed by atoms with van der Waals surface area (Å²) >= 11 is 0. The van der Waals surface area contributed by atoms with Gasteiger partial charge in [-0.05, 0) is 85.4 Å². The van der Waals surface area contributed by atoms with Gasteiger partial charge < -0.3 is 0 Å². The third-order valence-corrected chi connectivity index (χ3v) is 7.76. The Labute approximate surface area is 211 Å². The summed E-state index contributed by atoms with van der Waals surface area (Å²) in [5, 5.41) is 0. The number of nitrogens with zero attached hydrogens (tertiary/aromatic N) is 3. The van der Waals surface area contributed by atoms with E-state index in [0.29, 0.717) is 18.5 Å². The molecule has 0 radical (unpaired) electrons. The fourth-order valence-corrected chi connectivity index (χ4v) is 5.69. The van der Waals surface area contributed by atoms with Crippen LogP contribution in [0.4, 0.5) is 15.8 Å². The number of halogens is 1. The lowest BCUT2D eigenvalue weighted by Crippen LogP contribution is -2.47. The number of amides is 1. The van der Waals surface area contributed by atoms with Crippen molar-refractivity contribution in [2.75, 3.05) is 18.0 Å². The van der Waals surface area contributed by atoms with Gasteiger partial charge in [-0.1, -0.05) is 54.6 Å². The predicted octanol–water partition coefficient (Wildman–Crippen LogP) is 6.41. The van der Waals surface area contributed by atoms with Crippen LogP contribution in [0, 0.1) is 12.7 Å². The molecule has 4 aromatic rings. The SMILES string of the molecule is Cc1cccnc1CN1CCC2(CC1)C(=O)N(c1ccc(-c3ccccc3)cc1)c1cc(F)ccc12. The summed E-state index contributed by atoms with van der Waals surface area (Å²) < 4.78 is 14.4. The number of carbonyl (C=O) groups is 1. The second kappa shape index (κ2) is 8.99. The third kappa shape index (κ3) is 3.80. The highest BCUT2D eigenvalue weighted by Gasteiger charge is 2.52. The van der Waals surface area contributed by atoms with Gasteiger partial charge in [0, 0.05) is 18.4 Å². The highest BCUT2D eigenvalue weighted by atomic mass is 19.1. The minimum absolute atomic E-state index is 0.0456. The quantitative estimate of drug-likeness (QED) is 0.341. The molecule has 3 aromatic carbocycles. The molecule has 6 rings (SSSR count). The monoisotopic (exact) mass is 477 g/mol. The molecule has 0 unspecified atom stereocenters. The van der Waals surface area contributed by atoms with Crippen molar-refractivity contribution in [3.8, 4) is 11.1 Å². The first-order valence-electron chi connectivity index (χ1n) is 12.5. The van der Waals surface area contributed by atoms with E-state index in [1.165, 1.54) is 17.7 Å². The van der Waals surface area contributed by atoms with E-state index in [1.807, 2.05) is 60.8 Å². The van der Waals surface area contributed by atoms with E-state index in [4.69, 9.17) is 0 Å². The number of pyridine rings is 1. The molecule has 1 saturated heterocycles. The molecule has 1 spiro atoms. The first-order valence-corrected chi connectivity index (χ1v) is 12.5. The minimum atomic E-state index is -0.628. The predicted molar refractivity (Wildman–Crippen MR) is 141 cm³/mol. The average Bonchev–Trinajstić information content (AvgIpc) is 3.14. The van der Waals surface area contributed by atoms with E-state index in [-0.39, 0.29) is 11.7 Å². The van der Waals surface area contributed by atoms with Crippen LogP contribution < -0.4 is 4.90 Å². The lowest BCUT2D eigenvalue weighted by atomic mass is 9.73. The van der Waals surface area contributed by atoms with Crippen molar-refractivity contribution in [2.45, 2.75) is 31.7 Å². The Morgan fingerprint density at radius 3 is 2.33 bits per heavy atom. The van der Waals surface area contributed by atoms with Crippen LogP contribution in [0.15, 0.2) is 91.1 Å². The molecular weight excluding hydrogens is 449 g/mol. The summed E-state index contributed by atoms with van der Waals surface area (Å²) in [7, 11) is 0. The van der Waals surface area contributed by atoms with E-state index < -0.39 is 5.41 Å². The van der Waals surface area contributed by atoms with E-state index >= 15 is 0 Å². The van der Waals surface area contributed by atoms with Gasteiger partial charge in [-0.3, -0.25) is 19.6 Å².